The van der Waals surface area contributed by atoms with E-state index in [2.05, 4.69) is 11.0 Å². The molecule has 0 spiro atoms. The van der Waals surface area contributed by atoms with E-state index < -0.39 is 12.1 Å². The smallest absolute Gasteiger partial charge is 0.317 e. The van der Waals surface area contributed by atoms with Crippen LogP contribution >= 0.6 is 0 Å². The van der Waals surface area contributed by atoms with Crippen LogP contribution in [0.25, 0.3) is 0 Å². The van der Waals surface area contributed by atoms with E-state index in [9.17, 15) is 9.90 Å². The highest BCUT2D eigenvalue weighted by molar-refractivity contribution is 5.69. The van der Waals surface area contributed by atoms with Crippen molar-refractivity contribution in [3.63, 3.8) is 0 Å². The number of likely N-dealkylation sites (N-methyl/N-ethyl adjacent to an activating group) is 1. The van der Waals surface area contributed by atoms with Gasteiger partial charge >= 0.3 is 5.97 Å². The van der Waals surface area contributed by atoms with Crippen molar-refractivity contribution in [2.75, 3.05) is 39.8 Å². The van der Waals surface area contributed by atoms with Crippen LogP contribution in [0.3, 0.4) is 0 Å². The number of ether oxygens (including phenoxy) is 1. The Morgan fingerprint density at radius 3 is 2.83 bits per heavy atom. The first-order valence-electron chi connectivity index (χ1n) is 7.89. The molecule has 1 aromatic carbocycles. The van der Waals surface area contributed by atoms with Crippen molar-refractivity contribution >= 4 is 5.97 Å². The van der Waals surface area contributed by atoms with Crippen molar-refractivity contribution in [3.05, 3.63) is 29.3 Å². The summed E-state index contributed by atoms with van der Waals surface area (Å²) >= 11 is 0. The largest absolute Gasteiger partial charge is 0.492 e. The molecule has 1 aliphatic rings. The number of β-amino-alcohol motifs (C(OH)–C–C–N with tert-alkyl or cyclic N) is 1. The number of carbonyl (C=O) groups is 1. The molecule has 0 unspecified atom stereocenters. The summed E-state index contributed by atoms with van der Waals surface area (Å²) in [4.78, 5) is 14.6. The zero-order chi connectivity index (χ0) is 17.0. The number of hydrogen-bond donors (Lipinski definition) is 2. The molecule has 2 N–H and O–H groups in total. The zero-order valence-electron chi connectivity index (χ0n) is 14.0. The molecule has 1 heterocycles. The second-order valence-corrected chi connectivity index (χ2v) is 6.32. The fraction of sp³-hybridized carbons (Fsp3) is 0.588. The van der Waals surface area contributed by atoms with Crippen LogP contribution in [0.5, 0.6) is 5.75 Å². The molecule has 1 fully saturated rings. The van der Waals surface area contributed by atoms with Crippen LogP contribution < -0.4 is 4.74 Å². The van der Waals surface area contributed by atoms with Gasteiger partial charge in [-0.05, 0) is 38.1 Å². The summed E-state index contributed by atoms with van der Waals surface area (Å²) in [6.07, 6.45) is -0.528. The molecule has 0 aromatic heterocycles. The molecule has 1 aliphatic heterocycles. The second-order valence-electron chi connectivity index (χ2n) is 6.32. The lowest BCUT2D eigenvalue weighted by atomic mass is 10.1. The van der Waals surface area contributed by atoms with Gasteiger partial charge < -0.3 is 14.9 Å². The topological polar surface area (TPSA) is 73.2 Å². The van der Waals surface area contributed by atoms with Crippen molar-refractivity contribution < 1.29 is 19.7 Å². The quantitative estimate of drug-likeness (QED) is 0.771. The number of carboxylic acids is 1. The Kier molecular flexibility index (Phi) is 5.98. The van der Waals surface area contributed by atoms with E-state index in [1.165, 1.54) is 0 Å². The summed E-state index contributed by atoms with van der Waals surface area (Å²) in [7, 11) is 1.73. The van der Waals surface area contributed by atoms with Gasteiger partial charge in [-0.3, -0.25) is 14.6 Å². The van der Waals surface area contributed by atoms with Crippen LogP contribution in [0.2, 0.25) is 0 Å². The summed E-state index contributed by atoms with van der Waals surface area (Å²) in [6, 6.07) is 5.98. The van der Waals surface area contributed by atoms with Crippen LogP contribution in [0.1, 0.15) is 11.1 Å². The van der Waals surface area contributed by atoms with Crippen LogP contribution in [-0.2, 0) is 4.79 Å². The molecule has 2 atom stereocenters. The van der Waals surface area contributed by atoms with Crippen LogP contribution in [0.4, 0.5) is 0 Å². The van der Waals surface area contributed by atoms with Crippen LogP contribution in [0.15, 0.2) is 18.2 Å². The highest BCUT2D eigenvalue weighted by atomic mass is 16.5. The van der Waals surface area contributed by atoms with Crippen LogP contribution in [-0.4, -0.2) is 78.0 Å². The van der Waals surface area contributed by atoms with Crippen molar-refractivity contribution in [1.29, 1.82) is 0 Å². The molecule has 0 amide bonds. The predicted molar refractivity (Wildman–Crippen MR) is 87.9 cm³/mol. The van der Waals surface area contributed by atoms with E-state index in [1.54, 1.807) is 11.9 Å². The number of benzene rings is 1. The molecular formula is C17H26N2O4. The first-order valence-corrected chi connectivity index (χ1v) is 7.89. The highest BCUT2D eigenvalue weighted by Crippen LogP contribution is 2.20. The molecule has 0 aliphatic carbocycles. The first kappa shape index (κ1) is 17.7. The maximum absolute atomic E-state index is 10.8. The molecule has 6 heteroatoms. The molecule has 0 bridgehead atoms. The van der Waals surface area contributed by atoms with Gasteiger partial charge in [0.15, 0.2) is 0 Å². The number of aryl methyl sites for hydroxylation is 2. The van der Waals surface area contributed by atoms with E-state index in [4.69, 9.17) is 9.84 Å². The fourth-order valence-electron chi connectivity index (χ4n) is 2.94. The summed E-state index contributed by atoms with van der Waals surface area (Å²) < 4.78 is 5.84. The lowest BCUT2D eigenvalue weighted by molar-refractivity contribution is -0.138. The highest BCUT2D eigenvalue weighted by Gasteiger charge is 2.34. The maximum Gasteiger partial charge on any atom is 0.317 e. The van der Waals surface area contributed by atoms with E-state index >= 15 is 0 Å². The Hall–Kier alpha value is -1.63. The minimum absolute atomic E-state index is 0.0610. The number of rotatable bonds is 7. The van der Waals surface area contributed by atoms with Gasteiger partial charge in [-0.1, -0.05) is 12.1 Å². The van der Waals surface area contributed by atoms with Crippen molar-refractivity contribution in [3.8, 4) is 5.75 Å². The van der Waals surface area contributed by atoms with Gasteiger partial charge in [0.1, 0.15) is 12.4 Å². The summed E-state index contributed by atoms with van der Waals surface area (Å²) in [5, 5.41) is 19.0. The van der Waals surface area contributed by atoms with E-state index in [0.717, 1.165) is 16.9 Å². The molecule has 0 saturated carbocycles. The first-order chi connectivity index (χ1) is 10.9. The average molecular weight is 322 g/mol. The lowest BCUT2D eigenvalue weighted by Gasteiger charge is -2.24. The number of aliphatic hydroxyl groups is 1. The van der Waals surface area contributed by atoms with Crippen LogP contribution in [0, 0.1) is 13.8 Å². The van der Waals surface area contributed by atoms with Crippen molar-refractivity contribution in [2.45, 2.75) is 26.0 Å². The summed E-state index contributed by atoms with van der Waals surface area (Å²) in [6.45, 7) is 6.45. The Bertz CT molecular complexity index is 549. The minimum atomic E-state index is -0.878. The Labute approximate surface area is 137 Å². The van der Waals surface area contributed by atoms with E-state index in [-0.39, 0.29) is 12.6 Å². The Balaban J connectivity index is 1.81. The zero-order valence-corrected chi connectivity index (χ0v) is 14.0. The van der Waals surface area contributed by atoms with E-state index in [1.807, 2.05) is 26.0 Å². The van der Waals surface area contributed by atoms with Gasteiger partial charge in [-0.2, -0.15) is 0 Å². The minimum Gasteiger partial charge on any atom is -0.492 e. The summed E-state index contributed by atoms with van der Waals surface area (Å²) in [5.74, 6) is 0.0145. The summed E-state index contributed by atoms with van der Waals surface area (Å²) in [5.41, 5.74) is 2.27. The third-order valence-corrected chi connectivity index (χ3v) is 4.29. The van der Waals surface area contributed by atoms with Gasteiger partial charge in [0.05, 0.1) is 12.6 Å². The predicted octanol–water partition coefficient (Wildman–Crippen LogP) is 0.744. The Morgan fingerprint density at radius 2 is 2.13 bits per heavy atom. The molecule has 1 saturated heterocycles. The number of aliphatic carboxylic acids is 1. The molecule has 128 valence electrons. The van der Waals surface area contributed by atoms with Gasteiger partial charge in [0.2, 0.25) is 0 Å². The fourth-order valence-corrected chi connectivity index (χ4v) is 2.94. The van der Waals surface area contributed by atoms with Crippen molar-refractivity contribution in [1.82, 2.24) is 9.80 Å². The van der Waals surface area contributed by atoms with Crippen molar-refractivity contribution in [2.24, 2.45) is 0 Å². The molecule has 1 aromatic rings. The third kappa shape index (κ3) is 4.92. The van der Waals surface area contributed by atoms with E-state index in [0.29, 0.717) is 26.2 Å². The standard InChI is InChI=1S/C17H26N2O4/c1-12-4-5-13(2)16(8-12)23-7-6-19-9-14(15(20)10-19)18(3)11-17(21)22/h4-5,8,14-15,20H,6-7,9-11H2,1-3H3,(H,21,22)/t14-,15-/m1/s1. The number of aliphatic hydroxyl groups excluding tert-OH is 1. The molecule has 6 nitrogen and oxygen atoms in total. The number of carboxylic acid groups (broad SMARTS) is 1. The lowest BCUT2D eigenvalue weighted by Crippen LogP contribution is -2.43. The molecule has 0 radical (unpaired) electrons. The van der Waals surface area contributed by atoms with Gasteiger partial charge in [-0.15, -0.1) is 0 Å². The number of nitrogens with zero attached hydrogens (tertiary/aromatic N) is 2. The second kappa shape index (κ2) is 7.77. The van der Waals surface area contributed by atoms with Gasteiger partial charge in [-0.25, -0.2) is 0 Å². The Morgan fingerprint density at radius 1 is 1.39 bits per heavy atom. The van der Waals surface area contributed by atoms with Gasteiger partial charge in [0, 0.05) is 25.7 Å². The van der Waals surface area contributed by atoms with Gasteiger partial charge in [0.25, 0.3) is 0 Å². The normalized spacial score (nSPS) is 21.8. The molecule has 23 heavy (non-hydrogen) atoms. The third-order valence-electron chi connectivity index (χ3n) is 4.29. The number of hydrogen-bond acceptors (Lipinski definition) is 5. The average Bonchev–Trinajstić information content (AvgIpc) is 2.83. The molecular weight excluding hydrogens is 296 g/mol. The SMILES string of the molecule is Cc1ccc(C)c(OCCN2C[C@@H](O)[C@H](N(C)CC(=O)O)C2)c1. The maximum atomic E-state index is 10.8. The number of likely N-dealkylation sites (tertiary alicyclic amines) is 1. The monoisotopic (exact) mass is 322 g/mol. The molecule has 2 rings (SSSR count).